The van der Waals surface area contributed by atoms with Gasteiger partial charge in [-0.05, 0) is 85.1 Å². The molecule has 0 bridgehead atoms. The van der Waals surface area contributed by atoms with Gasteiger partial charge in [0.05, 0.1) is 5.69 Å². The van der Waals surface area contributed by atoms with Gasteiger partial charge in [-0.2, -0.15) is 0 Å². The summed E-state index contributed by atoms with van der Waals surface area (Å²) in [5.41, 5.74) is 3.75. The number of benzene rings is 2. The molecule has 0 spiro atoms. The van der Waals surface area contributed by atoms with E-state index in [9.17, 15) is 14.7 Å². The summed E-state index contributed by atoms with van der Waals surface area (Å²) in [4.78, 5) is 26.7. The maximum Gasteiger partial charge on any atom is 0.270 e. The molecule has 1 heterocycles. The topological polar surface area (TPSA) is 69.6 Å². The molecule has 6 heteroatoms. The minimum atomic E-state index is -0.533. The molecule has 1 aliphatic rings. The molecular weight excluding hydrogens is 360 g/mol. The monoisotopic (exact) mass is 380 g/mol. The number of amides is 2. The zero-order chi connectivity index (χ0) is 19.7. The number of thiocarbonyl (C=S) groups is 1. The highest BCUT2D eigenvalue weighted by molar-refractivity contribution is 7.80. The minimum Gasteiger partial charge on any atom is -0.507 e. The maximum atomic E-state index is 13.0. The lowest BCUT2D eigenvalue weighted by atomic mass is 10.0. The van der Waals surface area contributed by atoms with Crippen LogP contribution in [-0.4, -0.2) is 22.0 Å². The molecule has 0 aromatic heterocycles. The van der Waals surface area contributed by atoms with Gasteiger partial charge in [0.25, 0.3) is 11.8 Å². The number of anilines is 1. The van der Waals surface area contributed by atoms with Crippen LogP contribution in [0.5, 0.6) is 5.75 Å². The number of carbonyl (C=O) groups is 2. The zero-order valence-electron chi connectivity index (χ0n) is 15.4. The molecule has 1 aliphatic heterocycles. The van der Waals surface area contributed by atoms with Crippen LogP contribution in [-0.2, 0) is 16.0 Å². The van der Waals surface area contributed by atoms with Gasteiger partial charge >= 0.3 is 0 Å². The normalized spacial score (nSPS) is 16.0. The number of nitrogens with one attached hydrogen (secondary N) is 1. The predicted octanol–water partition coefficient (Wildman–Crippen LogP) is 3.40. The molecule has 3 rings (SSSR count). The van der Waals surface area contributed by atoms with Gasteiger partial charge in [-0.1, -0.05) is 19.1 Å². The number of hydrogen-bond donors (Lipinski definition) is 2. The Morgan fingerprint density at radius 3 is 2.26 bits per heavy atom. The highest BCUT2D eigenvalue weighted by Crippen LogP contribution is 2.26. The summed E-state index contributed by atoms with van der Waals surface area (Å²) in [5.74, 6) is -0.804. The van der Waals surface area contributed by atoms with Crippen molar-refractivity contribution in [2.75, 3.05) is 4.90 Å². The third-order valence-electron chi connectivity index (χ3n) is 4.53. The van der Waals surface area contributed by atoms with Gasteiger partial charge < -0.3 is 5.11 Å². The van der Waals surface area contributed by atoms with E-state index in [0.717, 1.165) is 12.0 Å². The van der Waals surface area contributed by atoms with E-state index in [1.807, 2.05) is 31.2 Å². The molecule has 5 nitrogen and oxygen atoms in total. The third-order valence-corrected chi connectivity index (χ3v) is 4.81. The van der Waals surface area contributed by atoms with Crippen molar-refractivity contribution in [3.63, 3.8) is 0 Å². The van der Waals surface area contributed by atoms with Crippen molar-refractivity contribution in [3.8, 4) is 5.75 Å². The number of aromatic hydroxyl groups is 1. The van der Waals surface area contributed by atoms with E-state index in [0.29, 0.717) is 22.4 Å². The second kappa shape index (κ2) is 7.32. The molecule has 1 fully saturated rings. The Hall–Kier alpha value is -2.99. The highest BCUT2D eigenvalue weighted by Gasteiger charge is 2.34. The standard InChI is InChI=1S/C21H20N2O3S/c1-4-14-5-7-16(8-6-14)23-20(26)17(19(25)22-21(23)27)11-15-9-12(2)18(24)13(3)10-15/h5-11,24H,4H2,1-3H3,(H,22,25,27). The molecule has 2 amide bonds. The van der Waals surface area contributed by atoms with Crippen molar-refractivity contribution in [2.45, 2.75) is 27.2 Å². The van der Waals surface area contributed by atoms with E-state index < -0.39 is 11.8 Å². The van der Waals surface area contributed by atoms with Crippen LogP contribution in [0.2, 0.25) is 0 Å². The second-order valence-electron chi connectivity index (χ2n) is 6.48. The molecular formula is C21H20N2O3S. The van der Waals surface area contributed by atoms with Gasteiger partial charge in [0.15, 0.2) is 5.11 Å². The summed E-state index contributed by atoms with van der Waals surface area (Å²) in [6.07, 6.45) is 2.41. The van der Waals surface area contributed by atoms with Crippen molar-refractivity contribution < 1.29 is 14.7 Å². The van der Waals surface area contributed by atoms with Crippen LogP contribution in [0.15, 0.2) is 42.0 Å². The summed E-state index contributed by atoms with van der Waals surface area (Å²) in [6, 6.07) is 10.9. The number of carbonyl (C=O) groups excluding carboxylic acids is 2. The number of rotatable bonds is 3. The molecule has 2 aromatic carbocycles. The van der Waals surface area contributed by atoms with Crippen molar-refractivity contribution in [1.82, 2.24) is 5.32 Å². The lowest BCUT2D eigenvalue weighted by Crippen LogP contribution is -2.54. The number of phenols is 1. The second-order valence-corrected chi connectivity index (χ2v) is 6.87. The zero-order valence-corrected chi connectivity index (χ0v) is 16.2. The van der Waals surface area contributed by atoms with E-state index in [2.05, 4.69) is 5.32 Å². The molecule has 2 aromatic rings. The molecule has 0 aliphatic carbocycles. The van der Waals surface area contributed by atoms with Crippen LogP contribution in [0.25, 0.3) is 6.08 Å². The van der Waals surface area contributed by atoms with Gasteiger partial charge in [-0.25, -0.2) is 0 Å². The first-order valence-electron chi connectivity index (χ1n) is 8.62. The maximum absolute atomic E-state index is 13.0. The Balaban J connectivity index is 2.01. The molecule has 2 N–H and O–H groups in total. The SMILES string of the molecule is CCc1ccc(N2C(=O)C(=Cc3cc(C)c(O)c(C)c3)C(=O)NC2=S)cc1. The predicted molar refractivity (Wildman–Crippen MR) is 110 cm³/mol. The molecule has 0 radical (unpaired) electrons. The Morgan fingerprint density at radius 2 is 1.70 bits per heavy atom. The fraction of sp³-hybridized carbons (Fsp3) is 0.190. The number of phenolic OH excluding ortho intramolecular Hbond substituents is 1. The minimum absolute atomic E-state index is 0.00680. The number of hydrogen-bond acceptors (Lipinski definition) is 4. The van der Waals surface area contributed by atoms with Gasteiger partial charge in [0.1, 0.15) is 11.3 Å². The number of nitrogens with zero attached hydrogens (tertiary/aromatic N) is 1. The van der Waals surface area contributed by atoms with E-state index in [1.54, 1.807) is 26.0 Å². The highest BCUT2D eigenvalue weighted by atomic mass is 32.1. The Kier molecular flexibility index (Phi) is 5.10. The number of aryl methyl sites for hydroxylation is 3. The van der Waals surface area contributed by atoms with Crippen molar-refractivity contribution in [3.05, 3.63) is 64.2 Å². The van der Waals surface area contributed by atoms with Crippen LogP contribution >= 0.6 is 12.2 Å². The summed E-state index contributed by atoms with van der Waals surface area (Å²) >= 11 is 5.21. The Bertz CT molecular complexity index is 954. The Labute approximate surface area is 163 Å². The van der Waals surface area contributed by atoms with Crippen molar-refractivity contribution >= 4 is 40.9 Å². The lowest BCUT2D eigenvalue weighted by molar-refractivity contribution is -0.122. The third kappa shape index (κ3) is 3.61. The van der Waals surface area contributed by atoms with Crippen molar-refractivity contribution in [1.29, 1.82) is 0 Å². The van der Waals surface area contributed by atoms with Gasteiger partial charge in [-0.15, -0.1) is 0 Å². The summed E-state index contributed by atoms with van der Waals surface area (Å²) in [7, 11) is 0. The van der Waals surface area contributed by atoms with Gasteiger partial charge in [0.2, 0.25) is 0 Å². The first-order chi connectivity index (χ1) is 12.8. The first-order valence-corrected chi connectivity index (χ1v) is 9.03. The van der Waals surface area contributed by atoms with Gasteiger partial charge in [-0.3, -0.25) is 19.8 Å². The smallest absolute Gasteiger partial charge is 0.270 e. The largest absolute Gasteiger partial charge is 0.507 e. The molecule has 138 valence electrons. The fourth-order valence-electron chi connectivity index (χ4n) is 3.01. The molecule has 0 unspecified atom stereocenters. The van der Waals surface area contributed by atoms with E-state index in [4.69, 9.17) is 12.2 Å². The van der Waals surface area contributed by atoms with Crippen LogP contribution in [0.3, 0.4) is 0 Å². The van der Waals surface area contributed by atoms with E-state index in [1.165, 1.54) is 11.0 Å². The quantitative estimate of drug-likeness (QED) is 0.486. The van der Waals surface area contributed by atoms with Crippen LogP contribution in [0.4, 0.5) is 5.69 Å². The fourth-order valence-corrected chi connectivity index (χ4v) is 3.29. The molecule has 0 saturated carbocycles. The van der Waals surface area contributed by atoms with E-state index >= 15 is 0 Å². The van der Waals surface area contributed by atoms with Crippen LogP contribution < -0.4 is 10.2 Å². The first kappa shape index (κ1) is 18.8. The van der Waals surface area contributed by atoms with Crippen LogP contribution in [0.1, 0.15) is 29.2 Å². The van der Waals surface area contributed by atoms with Crippen LogP contribution in [0, 0.1) is 13.8 Å². The summed E-state index contributed by atoms with van der Waals surface area (Å²) < 4.78 is 0. The van der Waals surface area contributed by atoms with E-state index in [-0.39, 0.29) is 16.4 Å². The van der Waals surface area contributed by atoms with Gasteiger partial charge in [0, 0.05) is 0 Å². The molecule has 27 heavy (non-hydrogen) atoms. The molecule has 1 saturated heterocycles. The molecule has 0 atom stereocenters. The summed E-state index contributed by atoms with van der Waals surface area (Å²) in [6.45, 7) is 5.59. The lowest BCUT2D eigenvalue weighted by Gasteiger charge is -2.29. The van der Waals surface area contributed by atoms with Crippen molar-refractivity contribution in [2.24, 2.45) is 0 Å². The summed E-state index contributed by atoms with van der Waals surface area (Å²) in [5, 5.41) is 12.6. The Morgan fingerprint density at radius 1 is 1.11 bits per heavy atom. The average Bonchev–Trinajstić information content (AvgIpc) is 2.63. The average molecular weight is 380 g/mol.